The number of fused-ring (bicyclic) bond motifs is 2. The highest BCUT2D eigenvalue weighted by atomic mass is 16.5. The summed E-state index contributed by atoms with van der Waals surface area (Å²) < 4.78 is 11.3. The summed E-state index contributed by atoms with van der Waals surface area (Å²) in [6.45, 7) is 9.47. The molecule has 6 heteroatoms. The number of ether oxygens (including phenoxy) is 2. The van der Waals surface area contributed by atoms with Gasteiger partial charge in [0, 0.05) is 25.4 Å². The van der Waals surface area contributed by atoms with Gasteiger partial charge in [0.25, 0.3) is 0 Å². The van der Waals surface area contributed by atoms with Crippen molar-refractivity contribution in [1.29, 1.82) is 0 Å². The molecule has 164 valence electrons. The van der Waals surface area contributed by atoms with Crippen molar-refractivity contribution in [2.75, 3.05) is 26.8 Å². The maximum atomic E-state index is 14.0. The van der Waals surface area contributed by atoms with Crippen LogP contribution < -0.4 is 0 Å². The molecule has 1 aromatic rings. The smallest absolute Gasteiger partial charge is 0.317 e. The molecule has 1 aromatic carbocycles. The van der Waals surface area contributed by atoms with Crippen LogP contribution in [0.1, 0.15) is 46.1 Å². The van der Waals surface area contributed by atoms with Gasteiger partial charge in [0.1, 0.15) is 12.0 Å². The van der Waals surface area contributed by atoms with Crippen molar-refractivity contribution in [2.24, 2.45) is 15.8 Å². The molecule has 0 aromatic heterocycles. The van der Waals surface area contributed by atoms with E-state index in [-0.39, 0.29) is 18.1 Å². The van der Waals surface area contributed by atoms with Crippen LogP contribution in [0.5, 0.6) is 0 Å². The first kappa shape index (κ1) is 20.4. The molecule has 1 aliphatic carbocycles. The second kappa shape index (κ2) is 6.28. The van der Waals surface area contributed by atoms with Crippen LogP contribution in [0.15, 0.2) is 40.9 Å². The Morgan fingerprint density at radius 2 is 2.00 bits per heavy atom. The third-order valence-electron chi connectivity index (χ3n) is 8.78. The predicted octanol–water partition coefficient (Wildman–Crippen LogP) is 3.57. The van der Waals surface area contributed by atoms with Gasteiger partial charge in [-0.25, -0.2) is 0 Å². The van der Waals surface area contributed by atoms with Gasteiger partial charge < -0.3 is 9.47 Å². The van der Waals surface area contributed by atoms with Crippen molar-refractivity contribution in [3.63, 3.8) is 0 Å². The Hall–Kier alpha value is -2.47. The van der Waals surface area contributed by atoms with Crippen LogP contribution in [0.4, 0.5) is 5.69 Å². The Morgan fingerprint density at radius 3 is 2.68 bits per heavy atom. The van der Waals surface area contributed by atoms with Gasteiger partial charge in [0.05, 0.1) is 29.5 Å². The van der Waals surface area contributed by atoms with E-state index in [1.807, 2.05) is 25.1 Å². The van der Waals surface area contributed by atoms with Gasteiger partial charge in [-0.3, -0.25) is 19.5 Å². The Bertz CT molecular complexity index is 1060. The molecule has 3 heterocycles. The summed E-state index contributed by atoms with van der Waals surface area (Å²) in [6, 6.07) is 8.12. The van der Waals surface area contributed by atoms with E-state index in [0.717, 1.165) is 42.9 Å². The zero-order valence-corrected chi connectivity index (χ0v) is 18.9. The lowest BCUT2D eigenvalue weighted by molar-refractivity contribution is -0.191. The van der Waals surface area contributed by atoms with Crippen molar-refractivity contribution in [3.8, 4) is 0 Å². The molecule has 5 rings (SSSR count). The number of esters is 2. The average molecular weight is 423 g/mol. The molecule has 1 saturated carbocycles. The second-order valence-corrected chi connectivity index (χ2v) is 9.83. The lowest BCUT2D eigenvalue weighted by Gasteiger charge is -2.72. The van der Waals surface area contributed by atoms with Crippen LogP contribution in [0, 0.1) is 10.8 Å². The van der Waals surface area contributed by atoms with E-state index in [0.29, 0.717) is 0 Å². The third kappa shape index (κ3) is 2.10. The number of piperidine rings is 2. The largest absolute Gasteiger partial charge is 0.468 e. The molecule has 2 saturated heterocycles. The topological polar surface area (TPSA) is 68.2 Å². The first-order valence-corrected chi connectivity index (χ1v) is 11.0. The number of benzene rings is 1. The van der Waals surface area contributed by atoms with Gasteiger partial charge in [0.15, 0.2) is 0 Å². The van der Waals surface area contributed by atoms with Crippen LogP contribution in [-0.4, -0.2) is 54.9 Å². The predicted molar refractivity (Wildman–Crippen MR) is 117 cm³/mol. The van der Waals surface area contributed by atoms with E-state index < -0.39 is 22.2 Å². The van der Waals surface area contributed by atoms with Crippen molar-refractivity contribution in [1.82, 2.24) is 4.90 Å². The Labute approximate surface area is 183 Å². The quantitative estimate of drug-likeness (QED) is 0.550. The van der Waals surface area contributed by atoms with Crippen LogP contribution in [-0.2, 0) is 24.5 Å². The molecule has 0 amide bonds. The molecule has 0 N–H and O–H groups in total. The minimum absolute atomic E-state index is 0.0215. The number of carbonyl (C=O) groups excluding carboxylic acids is 2. The van der Waals surface area contributed by atoms with E-state index in [1.54, 1.807) is 0 Å². The number of allylic oxidation sites excluding steroid dienone is 1. The molecule has 6 nitrogen and oxygen atoms in total. The molecule has 31 heavy (non-hydrogen) atoms. The maximum absolute atomic E-state index is 14.0. The number of carbonyl (C=O) groups is 2. The standard InChI is InChI=1S/C25H30N2O4/c1-6-17-13-27-12-11-24-18-9-7-8-10-19(18)26-20(24)23(27,4)14-22(17,3)25(24,21(29)30-5)15-31-16(2)28/h6-10H,11-15H2,1-5H3. The van der Waals surface area contributed by atoms with Gasteiger partial charge in [-0.1, -0.05) is 36.8 Å². The number of hydrogen-bond acceptors (Lipinski definition) is 6. The third-order valence-corrected chi connectivity index (χ3v) is 8.78. The number of para-hydroxylation sites is 1. The zero-order valence-electron chi connectivity index (χ0n) is 18.9. The Kier molecular flexibility index (Phi) is 4.14. The Balaban J connectivity index is 1.92. The summed E-state index contributed by atoms with van der Waals surface area (Å²) in [6.07, 6.45) is 3.60. The molecule has 0 spiro atoms. The highest BCUT2D eigenvalue weighted by Gasteiger charge is 2.80. The molecule has 4 aliphatic rings. The zero-order chi connectivity index (χ0) is 22.2. The minimum Gasteiger partial charge on any atom is -0.468 e. The molecular formula is C25H30N2O4. The highest BCUT2D eigenvalue weighted by molar-refractivity contribution is 6.13. The molecule has 0 radical (unpaired) electrons. The highest BCUT2D eigenvalue weighted by Crippen LogP contribution is 2.73. The Morgan fingerprint density at radius 1 is 1.26 bits per heavy atom. The fourth-order valence-corrected chi connectivity index (χ4v) is 7.52. The average Bonchev–Trinajstić information content (AvgIpc) is 3.09. The summed E-state index contributed by atoms with van der Waals surface area (Å²) in [7, 11) is 1.44. The summed E-state index contributed by atoms with van der Waals surface area (Å²) in [5.74, 6) is -0.714. The van der Waals surface area contributed by atoms with Gasteiger partial charge in [-0.05, 0) is 38.3 Å². The lowest BCUT2D eigenvalue weighted by atomic mass is 9.35. The molecule has 3 aliphatic heterocycles. The van der Waals surface area contributed by atoms with Crippen molar-refractivity contribution < 1.29 is 19.1 Å². The monoisotopic (exact) mass is 422 g/mol. The van der Waals surface area contributed by atoms with Gasteiger partial charge in [0.2, 0.25) is 0 Å². The molecule has 4 atom stereocenters. The fraction of sp³-hybridized carbons (Fsp3) is 0.560. The lowest BCUT2D eigenvalue weighted by Crippen LogP contribution is -2.82. The normalized spacial score (nSPS) is 39.0. The number of nitrogens with zero attached hydrogens (tertiary/aromatic N) is 2. The molecular weight excluding hydrogens is 392 g/mol. The summed E-state index contributed by atoms with van der Waals surface area (Å²) in [5, 5.41) is 0. The molecule has 3 bridgehead atoms. The van der Waals surface area contributed by atoms with Crippen LogP contribution >= 0.6 is 0 Å². The van der Waals surface area contributed by atoms with Crippen LogP contribution in [0.25, 0.3) is 0 Å². The molecule has 4 unspecified atom stereocenters. The van der Waals surface area contributed by atoms with Gasteiger partial charge >= 0.3 is 11.9 Å². The minimum atomic E-state index is -1.10. The van der Waals surface area contributed by atoms with Crippen LogP contribution in [0.3, 0.4) is 0 Å². The SMILES string of the molecule is CC=C1CN2CCC34C(=Nc5ccccc53)C2(C)CC1(C)C4(COC(C)=O)C(=O)OC. The molecule has 3 fully saturated rings. The van der Waals surface area contributed by atoms with Crippen LogP contribution in [0.2, 0.25) is 0 Å². The van der Waals surface area contributed by atoms with E-state index in [4.69, 9.17) is 14.5 Å². The van der Waals surface area contributed by atoms with E-state index >= 15 is 0 Å². The first-order chi connectivity index (χ1) is 14.7. The van der Waals surface area contributed by atoms with Crippen molar-refractivity contribution in [2.45, 2.75) is 51.5 Å². The number of hydrogen-bond donors (Lipinski definition) is 0. The summed E-state index contributed by atoms with van der Waals surface area (Å²) in [4.78, 5) is 33.7. The summed E-state index contributed by atoms with van der Waals surface area (Å²) in [5.41, 5.74) is 1.59. The number of methoxy groups -OCH3 is 1. The van der Waals surface area contributed by atoms with E-state index in [9.17, 15) is 9.59 Å². The maximum Gasteiger partial charge on any atom is 0.317 e. The van der Waals surface area contributed by atoms with E-state index in [2.05, 4.69) is 30.9 Å². The first-order valence-electron chi connectivity index (χ1n) is 11.0. The van der Waals surface area contributed by atoms with E-state index in [1.165, 1.54) is 19.6 Å². The fourth-order valence-electron chi connectivity index (χ4n) is 7.52. The van der Waals surface area contributed by atoms with Crippen molar-refractivity contribution >= 4 is 23.3 Å². The summed E-state index contributed by atoms with van der Waals surface area (Å²) >= 11 is 0. The number of aliphatic imine (C=N–C) groups is 1. The van der Waals surface area contributed by atoms with Gasteiger partial charge in [-0.15, -0.1) is 0 Å². The van der Waals surface area contributed by atoms with Crippen molar-refractivity contribution in [3.05, 3.63) is 41.5 Å². The number of rotatable bonds is 3. The van der Waals surface area contributed by atoms with Gasteiger partial charge in [-0.2, -0.15) is 0 Å². The second-order valence-electron chi connectivity index (χ2n) is 9.83.